The van der Waals surface area contributed by atoms with Gasteiger partial charge in [-0.3, -0.25) is 4.79 Å². The maximum absolute atomic E-state index is 11.6. The van der Waals surface area contributed by atoms with Crippen LogP contribution in [0.3, 0.4) is 0 Å². The first kappa shape index (κ1) is 18.6. The van der Waals surface area contributed by atoms with Crippen molar-refractivity contribution in [2.75, 3.05) is 53.7 Å². The van der Waals surface area contributed by atoms with E-state index in [2.05, 4.69) is 10.6 Å². The van der Waals surface area contributed by atoms with Crippen molar-refractivity contribution >= 4 is 18.3 Å². The fourth-order valence-corrected chi connectivity index (χ4v) is 2.10. The van der Waals surface area contributed by atoms with Crippen molar-refractivity contribution in [2.45, 2.75) is 18.4 Å². The second kappa shape index (κ2) is 10.4. The molecule has 1 saturated heterocycles. The molecule has 0 bridgehead atoms. The summed E-state index contributed by atoms with van der Waals surface area (Å²) in [5, 5.41) is 6.28. The predicted molar refractivity (Wildman–Crippen MR) is 74.8 cm³/mol. The third-order valence-corrected chi connectivity index (χ3v) is 3.04. The van der Waals surface area contributed by atoms with Crippen molar-refractivity contribution < 1.29 is 19.0 Å². The predicted octanol–water partition coefficient (Wildman–Crippen LogP) is -0.0440. The van der Waals surface area contributed by atoms with Crippen LogP contribution in [0, 0.1) is 0 Å². The maximum Gasteiger partial charge on any atom is 0.246 e. The Hall–Kier alpha value is -0.400. The molecule has 0 aliphatic carbocycles. The molecule has 1 aliphatic heterocycles. The Bertz CT molecular complexity index is 248. The summed E-state index contributed by atoms with van der Waals surface area (Å²) in [4.78, 5) is 11.6. The van der Waals surface area contributed by atoms with E-state index in [9.17, 15) is 4.79 Å². The molecule has 0 aromatic rings. The molecular weight excluding hydrogens is 272 g/mol. The molecule has 0 aromatic heterocycles. The summed E-state index contributed by atoms with van der Waals surface area (Å²) in [5.74, 6) is -0.102. The second-order valence-electron chi connectivity index (χ2n) is 4.57. The van der Waals surface area contributed by atoms with Crippen LogP contribution in [0.25, 0.3) is 0 Å². The highest BCUT2D eigenvalue weighted by Gasteiger charge is 2.33. The molecule has 7 heteroatoms. The van der Waals surface area contributed by atoms with E-state index in [1.54, 1.807) is 14.2 Å². The first-order chi connectivity index (χ1) is 8.72. The lowest BCUT2D eigenvalue weighted by Crippen LogP contribution is -2.53. The van der Waals surface area contributed by atoms with E-state index >= 15 is 0 Å². The van der Waals surface area contributed by atoms with E-state index in [1.165, 1.54) is 0 Å². The zero-order valence-corrected chi connectivity index (χ0v) is 12.5. The van der Waals surface area contributed by atoms with Gasteiger partial charge in [0.2, 0.25) is 5.91 Å². The van der Waals surface area contributed by atoms with Gasteiger partial charge < -0.3 is 24.8 Å². The summed E-state index contributed by atoms with van der Waals surface area (Å²) in [6, 6.07) is 0. The molecule has 2 N–H and O–H groups in total. The van der Waals surface area contributed by atoms with Crippen molar-refractivity contribution in [1.82, 2.24) is 10.6 Å². The minimum Gasteiger partial charge on any atom is -0.383 e. The van der Waals surface area contributed by atoms with Crippen LogP contribution in [-0.2, 0) is 19.0 Å². The number of ether oxygens (including phenoxy) is 3. The summed E-state index contributed by atoms with van der Waals surface area (Å²) in [5.41, 5.74) is -0.114. The Morgan fingerprint density at radius 2 is 2.11 bits per heavy atom. The highest BCUT2D eigenvalue weighted by Crippen LogP contribution is 2.18. The molecule has 114 valence electrons. The smallest absolute Gasteiger partial charge is 0.246 e. The summed E-state index contributed by atoms with van der Waals surface area (Å²) in [7, 11) is 3.28. The zero-order valence-electron chi connectivity index (χ0n) is 11.7. The number of rotatable bonds is 9. The van der Waals surface area contributed by atoms with Gasteiger partial charge in [-0.2, -0.15) is 0 Å². The van der Waals surface area contributed by atoms with Gasteiger partial charge in [0.05, 0.1) is 25.4 Å². The molecule has 1 aliphatic rings. The first-order valence-corrected chi connectivity index (χ1v) is 6.30. The lowest BCUT2D eigenvalue weighted by atomic mass is 9.99. The molecule has 6 nitrogen and oxygen atoms in total. The van der Waals surface area contributed by atoms with Gasteiger partial charge in [-0.1, -0.05) is 0 Å². The van der Waals surface area contributed by atoms with Gasteiger partial charge in [-0.25, -0.2) is 0 Å². The van der Waals surface area contributed by atoms with Crippen molar-refractivity contribution in [3.05, 3.63) is 0 Å². The fraction of sp³-hybridized carbons (Fsp3) is 0.917. The first-order valence-electron chi connectivity index (χ1n) is 6.30. The molecule has 1 heterocycles. The van der Waals surface area contributed by atoms with Gasteiger partial charge in [-0.15, -0.1) is 12.4 Å². The van der Waals surface area contributed by atoms with E-state index in [0.29, 0.717) is 26.4 Å². The molecule has 1 fully saturated rings. The zero-order chi connectivity index (χ0) is 13.3. The molecular formula is C12H25ClN2O4. The minimum absolute atomic E-state index is 0. The van der Waals surface area contributed by atoms with Crippen molar-refractivity contribution in [3.8, 4) is 0 Å². The van der Waals surface area contributed by atoms with Gasteiger partial charge in [0, 0.05) is 20.8 Å². The summed E-state index contributed by atoms with van der Waals surface area (Å²) in [6.07, 6.45) is 2.13. The molecule has 19 heavy (non-hydrogen) atoms. The number of hydrogen-bond acceptors (Lipinski definition) is 5. The van der Waals surface area contributed by atoms with Gasteiger partial charge in [0.25, 0.3) is 0 Å². The van der Waals surface area contributed by atoms with Crippen LogP contribution >= 0.6 is 12.4 Å². The van der Waals surface area contributed by atoms with Crippen LogP contribution in [0.5, 0.6) is 0 Å². The minimum atomic E-state index is -0.114. The average Bonchev–Trinajstić information content (AvgIpc) is 2.82. The number of carbonyl (C=O) groups excluding carboxylic acids is 1. The third kappa shape index (κ3) is 7.08. The van der Waals surface area contributed by atoms with Crippen molar-refractivity contribution in [3.63, 3.8) is 0 Å². The topological polar surface area (TPSA) is 68.8 Å². The van der Waals surface area contributed by atoms with Crippen LogP contribution < -0.4 is 10.6 Å². The lowest BCUT2D eigenvalue weighted by Gasteiger charge is -2.28. The number of carbonyl (C=O) groups is 1. The van der Waals surface area contributed by atoms with E-state index < -0.39 is 0 Å². The number of hydrogen-bond donors (Lipinski definition) is 2. The summed E-state index contributed by atoms with van der Waals surface area (Å²) in [6.45, 7) is 3.18. The SMILES string of the molecule is COCCOCC(=O)NCC1(COC)CCCN1.Cl. The number of nitrogens with one attached hydrogen (secondary N) is 2. The van der Waals surface area contributed by atoms with Crippen LogP contribution in [0.2, 0.25) is 0 Å². The molecule has 0 aromatic carbocycles. The quantitative estimate of drug-likeness (QED) is 0.584. The van der Waals surface area contributed by atoms with Crippen molar-refractivity contribution in [1.29, 1.82) is 0 Å². The van der Waals surface area contributed by atoms with Gasteiger partial charge in [-0.05, 0) is 19.4 Å². The Morgan fingerprint density at radius 1 is 1.32 bits per heavy atom. The monoisotopic (exact) mass is 296 g/mol. The van der Waals surface area contributed by atoms with E-state index in [4.69, 9.17) is 14.2 Å². The van der Waals surface area contributed by atoms with E-state index in [-0.39, 0.29) is 30.5 Å². The molecule has 1 atom stereocenters. The molecule has 0 saturated carbocycles. The van der Waals surface area contributed by atoms with Gasteiger partial charge in [0.1, 0.15) is 6.61 Å². The molecule has 1 amide bonds. The van der Waals surface area contributed by atoms with Crippen molar-refractivity contribution in [2.24, 2.45) is 0 Å². The number of halogens is 1. The molecule has 1 unspecified atom stereocenters. The number of methoxy groups -OCH3 is 2. The molecule has 1 rings (SSSR count). The largest absolute Gasteiger partial charge is 0.383 e. The van der Waals surface area contributed by atoms with Crippen LogP contribution in [-0.4, -0.2) is 65.2 Å². The van der Waals surface area contributed by atoms with Gasteiger partial charge >= 0.3 is 0 Å². The summed E-state index contributed by atoms with van der Waals surface area (Å²) >= 11 is 0. The normalized spacial score (nSPS) is 22.0. The second-order valence-corrected chi connectivity index (χ2v) is 4.57. The van der Waals surface area contributed by atoms with Crippen LogP contribution in [0.15, 0.2) is 0 Å². The Balaban J connectivity index is 0.00000324. The summed E-state index contributed by atoms with van der Waals surface area (Å²) < 4.78 is 15.2. The average molecular weight is 297 g/mol. The molecule has 0 radical (unpaired) electrons. The lowest BCUT2D eigenvalue weighted by molar-refractivity contribution is -0.126. The highest BCUT2D eigenvalue weighted by molar-refractivity contribution is 5.85. The Morgan fingerprint density at radius 3 is 2.68 bits per heavy atom. The molecule has 0 spiro atoms. The van der Waals surface area contributed by atoms with Crippen LogP contribution in [0.1, 0.15) is 12.8 Å². The van der Waals surface area contributed by atoms with Gasteiger partial charge in [0.15, 0.2) is 0 Å². The van der Waals surface area contributed by atoms with E-state index in [1.807, 2.05) is 0 Å². The van der Waals surface area contributed by atoms with Crippen LogP contribution in [0.4, 0.5) is 0 Å². The fourth-order valence-electron chi connectivity index (χ4n) is 2.10. The maximum atomic E-state index is 11.6. The third-order valence-electron chi connectivity index (χ3n) is 3.04. The van der Waals surface area contributed by atoms with E-state index in [0.717, 1.165) is 19.4 Å². The Kier molecular flexibility index (Phi) is 10.2. The Labute approximate surface area is 121 Å². The highest BCUT2D eigenvalue weighted by atomic mass is 35.5. The number of amides is 1. The standard InChI is InChI=1S/C12H24N2O4.ClH/c1-16-6-7-18-8-11(15)13-9-12(10-17-2)4-3-5-14-12;/h14H,3-10H2,1-2H3,(H,13,15);1H.